The van der Waals surface area contributed by atoms with Crippen molar-refractivity contribution >= 4 is 0 Å². The highest BCUT2D eigenvalue weighted by atomic mass is 19.4. The van der Waals surface area contributed by atoms with E-state index in [2.05, 4.69) is 0 Å². The Morgan fingerprint density at radius 1 is 1.38 bits per heavy atom. The first-order valence-corrected chi connectivity index (χ1v) is 4.95. The summed E-state index contributed by atoms with van der Waals surface area (Å²) in [5.41, 5.74) is 5.05. The molecule has 1 rings (SSSR count). The maximum atomic E-state index is 12.4. The van der Waals surface area contributed by atoms with Gasteiger partial charge >= 0.3 is 6.18 Å². The Balaban J connectivity index is 2.91. The van der Waals surface area contributed by atoms with E-state index >= 15 is 0 Å². The minimum absolute atomic E-state index is 0.103. The maximum Gasteiger partial charge on any atom is 0.416 e. The Labute approximate surface area is 91.9 Å². The average molecular weight is 233 g/mol. The van der Waals surface area contributed by atoms with Crippen LogP contribution in [0.1, 0.15) is 24.5 Å². The van der Waals surface area contributed by atoms with Gasteiger partial charge in [0.15, 0.2) is 0 Å². The number of aryl methyl sites for hydroxylation is 1. The third-order valence-corrected chi connectivity index (χ3v) is 2.28. The monoisotopic (exact) mass is 233 g/mol. The second-order valence-corrected chi connectivity index (χ2v) is 3.86. The van der Waals surface area contributed by atoms with Crippen LogP contribution in [-0.2, 0) is 12.6 Å². The van der Waals surface area contributed by atoms with Gasteiger partial charge in [0.05, 0.1) is 5.56 Å². The molecule has 1 aromatic rings. The lowest BCUT2D eigenvalue weighted by atomic mass is 10.0. The predicted molar refractivity (Wildman–Crippen MR) is 55.1 cm³/mol. The van der Waals surface area contributed by atoms with Crippen molar-refractivity contribution in [2.24, 2.45) is 5.73 Å². The highest BCUT2D eigenvalue weighted by Gasteiger charge is 2.30. The average Bonchev–Trinajstić information content (AvgIpc) is 2.14. The summed E-state index contributed by atoms with van der Waals surface area (Å²) in [6, 6.07) is 2.80. The second kappa shape index (κ2) is 4.74. The molecule has 5 heteroatoms. The molecule has 0 bridgehead atoms. The first-order valence-electron chi connectivity index (χ1n) is 4.95. The van der Waals surface area contributed by atoms with Gasteiger partial charge in [-0.25, -0.2) is 0 Å². The van der Waals surface area contributed by atoms with Gasteiger partial charge in [-0.05, 0) is 43.5 Å². The van der Waals surface area contributed by atoms with Crippen LogP contribution in [0.5, 0.6) is 5.75 Å². The summed E-state index contributed by atoms with van der Waals surface area (Å²) in [5, 5.41) is 9.41. The molecule has 0 aliphatic carbocycles. The molecule has 2 nitrogen and oxygen atoms in total. The molecule has 1 aromatic carbocycles. The van der Waals surface area contributed by atoms with Crippen molar-refractivity contribution in [1.82, 2.24) is 0 Å². The number of hydrogen-bond donors (Lipinski definition) is 2. The molecular weight excluding hydrogens is 219 g/mol. The molecule has 0 saturated heterocycles. The molecule has 0 amide bonds. The number of alkyl halides is 3. The van der Waals surface area contributed by atoms with E-state index in [1.165, 1.54) is 0 Å². The van der Waals surface area contributed by atoms with Crippen molar-refractivity contribution in [2.45, 2.75) is 32.0 Å². The Hall–Kier alpha value is -1.23. The number of benzene rings is 1. The molecule has 0 aromatic heterocycles. The van der Waals surface area contributed by atoms with Crippen LogP contribution in [-0.4, -0.2) is 11.1 Å². The third-order valence-electron chi connectivity index (χ3n) is 2.28. The lowest BCUT2D eigenvalue weighted by molar-refractivity contribution is -0.137. The lowest BCUT2D eigenvalue weighted by Gasteiger charge is -2.11. The van der Waals surface area contributed by atoms with Crippen molar-refractivity contribution in [3.8, 4) is 5.75 Å². The molecule has 3 N–H and O–H groups in total. The highest BCUT2D eigenvalue weighted by Crippen LogP contribution is 2.32. The van der Waals surface area contributed by atoms with Gasteiger partial charge < -0.3 is 10.8 Å². The van der Waals surface area contributed by atoms with E-state index in [1.54, 1.807) is 6.92 Å². The topological polar surface area (TPSA) is 46.2 Å². The Morgan fingerprint density at radius 2 is 2.00 bits per heavy atom. The summed E-state index contributed by atoms with van der Waals surface area (Å²) in [5.74, 6) is -0.117. The molecular formula is C11H14F3NO. The van der Waals surface area contributed by atoms with Crippen molar-refractivity contribution in [3.63, 3.8) is 0 Å². The Morgan fingerprint density at radius 3 is 2.50 bits per heavy atom. The van der Waals surface area contributed by atoms with Crippen LogP contribution < -0.4 is 5.73 Å². The molecule has 0 aliphatic rings. The SMILES string of the molecule is CC(N)CCc1cc(C(F)(F)F)ccc1O. The van der Waals surface area contributed by atoms with Crippen LogP contribution >= 0.6 is 0 Å². The molecule has 90 valence electrons. The molecule has 16 heavy (non-hydrogen) atoms. The van der Waals surface area contributed by atoms with Crippen LogP contribution in [0.25, 0.3) is 0 Å². The van der Waals surface area contributed by atoms with Crippen molar-refractivity contribution in [1.29, 1.82) is 0 Å². The van der Waals surface area contributed by atoms with E-state index in [4.69, 9.17) is 5.73 Å². The molecule has 0 spiro atoms. The van der Waals surface area contributed by atoms with Gasteiger partial charge in [0.1, 0.15) is 5.75 Å². The molecule has 1 unspecified atom stereocenters. The van der Waals surface area contributed by atoms with Gasteiger partial charge in [-0.3, -0.25) is 0 Å². The van der Waals surface area contributed by atoms with Gasteiger partial charge in [-0.15, -0.1) is 0 Å². The minimum Gasteiger partial charge on any atom is -0.508 e. The minimum atomic E-state index is -4.38. The molecule has 0 radical (unpaired) electrons. The molecule has 0 fully saturated rings. The zero-order valence-electron chi connectivity index (χ0n) is 8.88. The second-order valence-electron chi connectivity index (χ2n) is 3.86. The lowest BCUT2D eigenvalue weighted by Crippen LogP contribution is -2.15. The summed E-state index contributed by atoms with van der Waals surface area (Å²) >= 11 is 0. The van der Waals surface area contributed by atoms with Gasteiger partial charge in [0, 0.05) is 6.04 Å². The van der Waals surface area contributed by atoms with E-state index < -0.39 is 11.7 Å². The quantitative estimate of drug-likeness (QED) is 0.843. The summed E-state index contributed by atoms with van der Waals surface area (Å²) in [4.78, 5) is 0. The van der Waals surface area contributed by atoms with Crippen LogP contribution in [0.4, 0.5) is 13.2 Å². The summed E-state index contributed by atoms with van der Waals surface area (Å²) in [6.45, 7) is 1.77. The number of halogens is 3. The predicted octanol–water partition coefficient (Wildman–Crippen LogP) is 2.69. The van der Waals surface area contributed by atoms with Crippen molar-refractivity contribution < 1.29 is 18.3 Å². The van der Waals surface area contributed by atoms with Gasteiger partial charge in [-0.2, -0.15) is 13.2 Å². The largest absolute Gasteiger partial charge is 0.508 e. The normalized spacial score (nSPS) is 13.8. The van der Waals surface area contributed by atoms with E-state index in [0.717, 1.165) is 18.2 Å². The highest BCUT2D eigenvalue weighted by molar-refractivity contribution is 5.37. The van der Waals surface area contributed by atoms with E-state index in [0.29, 0.717) is 12.8 Å². The van der Waals surface area contributed by atoms with Gasteiger partial charge in [0.2, 0.25) is 0 Å². The first-order chi connectivity index (χ1) is 7.30. The Bertz CT molecular complexity index is 361. The van der Waals surface area contributed by atoms with E-state index in [9.17, 15) is 18.3 Å². The zero-order chi connectivity index (χ0) is 12.3. The van der Waals surface area contributed by atoms with Gasteiger partial charge in [0.25, 0.3) is 0 Å². The summed E-state index contributed by atoms with van der Waals surface area (Å²) in [7, 11) is 0. The molecule has 1 atom stereocenters. The maximum absolute atomic E-state index is 12.4. The van der Waals surface area contributed by atoms with E-state index in [1.807, 2.05) is 0 Å². The smallest absolute Gasteiger partial charge is 0.416 e. The number of rotatable bonds is 3. The molecule has 0 aliphatic heterocycles. The van der Waals surface area contributed by atoms with Gasteiger partial charge in [-0.1, -0.05) is 0 Å². The number of aromatic hydroxyl groups is 1. The fraction of sp³-hybridized carbons (Fsp3) is 0.455. The van der Waals surface area contributed by atoms with Crippen LogP contribution in [0.15, 0.2) is 18.2 Å². The van der Waals surface area contributed by atoms with Crippen molar-refractivity contribution in [2.75, 3.05) is 0 Å². The first kappa shape index (κ1) is 12.8. The van der Waals surface area contributed by atoms with Crippen LogP contribution in [0, 0.1) is 0 Å². The third kappa shape index (κ3) is 3.41. The van der Waals surface area contributed by atoms with E-state index in [-0.39, 0.29) is 17.4 Å². The Kier molecular flexibility index (Phi) is 3.80. The summed E-state index contributed by atoms with van der Waals surface area (Å²) < 4.78 is 37.2. The van der Waals surface area contributed by atoms with Crippen molar-refractivity contribution in [3.05, 3.63) is 29.3 Å². The molecule has 0 saturated carbocycles. The molecule has 0 heterocycles. The number of phenolic OH excluding ortho intramolecular Hbond substituents is 1. The number of nitrogens with two attached hydrogens (primary N) is 1. The zero-order valence-corrected chi connectivity index (χ0v) is 8.88. The number of hydrogen-bond acceptors (Lipinski definition) is 2. The fourth-order valence-electron chi connectivity index (χ4n) is 1.35. The fourth-order valence-corrected chi connectivity index (χ4v) is 1.35. The summed E-state index contributed by atoms with van der Waals surface area (Å²) in [6.07, 6.45) is -3.50. The van der Waals surface area contributed by atoms with Crippen LogP contribution in [0.3, 0.4) is 0 Å². The van der Waals surface area contributed by atoms with Crippen LogP contribution in [0.2, 0.25) is 0 Å². The number of phenols is 1. The standard InChI is InChI=1S/C11H14F3NO/c1-7(15)2-3-8-6-9(11(12,13)14)4-5-10(8)16/h4-7,16H,2-3,15H2,1H3.